The molecule has 1 aromatic heterocycles. The van der Waals surface area contributed by atoms with Crippen molar-refractivity contribution >= 4 is 17.6 Å². The summed E-state index contributed by atoms with van der Waals surface area (Å²) in [4.78, 5) is 23.0. The van der Waals surface area contributed by atoms with Gasteiger partial charge in [-0.3, -0.25) is 4.79 Å². The van der Waals surface area contributed by atoms with Gasteiger partial charge in [-0.05, 0) is 24.6 Å². The second-order valence-corrected chi connectivity index (χ2v) is 4.76. The summed E-state index contributed by atoms with van der Waals surface area (Å²) in [6.07, 6.45) is 0. The number of halogens is 1. The summed E-state index contributed by atoms with van der Waals surface area (Å²) in [5.74, 6) is -0.387. The summed E-state index contributed by atoms with van der Waals surface area (Å²) in [5, 5.41) is 3.93. The fourth-order valence-corrected chi connectivity index (χ4v) is 2.14. The van der Waals surface area contributed by atoms with Crippen LogP contribution in [0, 0.1) is 6.92 Å². The zero-order valence-electron chi connectivity index (χ0n) is 11.4. The number of hydrogen-bond acceptors (Lipinski definition) is 4. The van der Waals surface area contributed by atoms with Crippen molar-refractivity contribution in [2.24, 2.45) is 7.05 Å². The van der Waals surface area contributed by atoms with E-state index in [4.69, 9.17) is 16.3 Å². The summed E-state index contributed by atoms with van der Waals surface area (Å²) < 4.78 is 7.44. The van der Waals surface area contributed by atoms with Gasteiger partial charge in [0.25, 0.3) is 0 Å². The zero-order valence-corrected chi connectivity index (χ0v) is 12.1. The maximum absolute atomic E-state index is 12.0. The van der Waals surface area contributed by atoms with E-state index in [1.165, 1.54) is 18.5 Å². The molecule has 0 amide bonds. The highest BCUT2D eigenvalue weighted by atomic mass is 35.5. The number of hydrogen-bond donors (Lipinski definition) is 0. The van der Waals surface area contributed by atoms with Crippen LogP contribution in [0.3, 0.4) is 0 Å². The molecule has 0 aliphatic heterocycles. The summed E-state index contributed by atoms with van der Waals surface area (Å²) in [5.41, 5.74) is 1.88. The van der Waals surface area contributed by atoms with Crippen LogP contribution in [0.2, 0.25) is 5.28 Å². The van der Waals surface area contributed by atoms with Crippen molar-refractivity contribution in [2.75, 3.05) is 0 Å². The van der Waals surface area contributed by atoms with Gasteiger partial charge >= 0.3 is 11.7 Å². The molecular weight excluding hydrogens is 282 g/mol. The molecule has 0 unspecified atom stereocenters. The molecule has 0 saturated heterocycles. The van der Waals surface area contributed by atoms with E-state index in [0.29, 0.717) is 11.3 Å². The first-order chi connectivity index (χ1) is 9.40. The Bertz CT molecular complexity index is 718. The van der Waals surface area contributed by atoms with Gasteiger partial charge in [0.1, 0.15) is 6.61 Å². The lowest BCUT2D eigenvalue weighted by atomic mass is 10.1. The summed E-state index contributed by atoms with van der Waals surface area (Å²) in [7, 11) is 1.52. The number of esters is 1. The lowest BCUT2D eigenvalue weighted by Crippen LogP contribution is -2.22. The topological polar surface area (TPSA) is 66.1 Å². The minimum atomic E-state index is -0.387. The van der Waals surface area contributed by atoms with Crippen molar-refractivity contribution in [1.82, 2.24) is 14.3 Å². The average molecular weight is 296 g/mol. The summed E-state index contributed by atoms with van der Waals surface area (Å²) in [6.45, 7) is 3.32. The van der Waals surface area contributed by atoms with Crippen LogP contribution in [0.4, 0.5) is 0 Å². The fourth-order valence-electron chi connectivity index (χ4n) is 1.86. The molecule has 2 rings (SSSR count). The van der Waals surface area contributed by atoms with E-state index in [-0.39, 0.29) is 23.5 Å². The van der Waals surface area contributed by atoms with Gasteiger partial charge in [0, 0.05) is 19.5 Å². The molecule has 20 heavy (non-hydrogen) atoms. The molecule has 6 nitrogen and oxygen atoms in total. The second-order valence-electron chi connectivity index (χ2n) is 4.42. The third kappa shape index (κ3) is 2.75. The molecule has 0 aliphatic rings. The molecule has 0 aliphatic carbocycles. The Hall–Kier alpha value is -2.08. The minimum absolute atomic E-state index is 0.0606. The van der Waals surface area contributed by atoms with E-state index in [1.54, 1.807) is 6.07 Å². The zero-order chi connectivity index (χ0) is 14.9. The quantitative estimate of drug-likeness (QED) is 0.807. The van der Waals surface area contributed by atoms with Crippen molar-refractivity contribution in [3.63, 3.8) is 0 Å². The minimum Gasteiger partial charge on any atom is -0.461 e. The Morgan fingerprint density at radius 3 is 2.70 bits per heavy atom. The van der Waals surface area contributed by atoms with Crippen LogP contribution in [0.1, 0.15) is 18.1 Å². The first kappa shape index (κ1) is 14.3. The second kappa shape index (κ2) is 5.50. The molecule has 0 saturated carbocycles. The van der Waals surface area contributed by atoms with Gasteiger partial charge in [-0.1, -0.05) is 17.7 Å². The number of nitrogens with zero attached hydrogens (tertiary/aromatic N) is 3. The van der Waals surface area contributed by atoms with Crippen molar-refractivity contribution in [3.8, 4) is 5.69 Å². The van der Waals surface area contributed by atoms with Crippen molar-refractivity contribution in [2.45, 2.75) is 20.5 Å². The third-order valence-electron chi connectivity index (χ3n) is 2.79. The maximum atomic E-state index is 12.0. The molecule has 2 aromatic rings. The van der Waals surface area contributed by atoms with Crippen LogP contribution in [-0.2, 0) is 23.2 Å². The van der Waals surface area contributed by atoms with Crippen molar-refractivity contribution < 1.29 is 9.53 Å². The number of rotatable bonds is 3. The number of aromatic nitrogens is 3. The van der Waals surface area contributed by atoms with E-state index >= 15 is 0 Å². The fraction of sp³-hybridized carbons (Fsp3) is 0.308. The van der Waals surface area contributed by atoms with Gasteiger partial charge in [0.15, 0.2) is 0 Å². The van der Waals surface area contributed by atoms with Crippen molar-refractivity contribution in [3.05, 3.63) is 45.1 Å². The van der Waals surface area contributed by atoms with Crippen LogP contribution >= 0.6 is 11.6 Å². The normalized spacial score (nSPS) is 10.6. The van der Waals surface area contributed by atoms with Gasteiger partial charge in [0.2, 0.25) is 5.28 Å². The van der Waals surface area contributed by atoms with Crippen molar-refractivity contribution in [1.29, 1.82) is 0 Å². The molecular formula is C13H14ClN3O3. The summed E-state index contributed by atoms with van der Waals surface area (Å²) >= 11 is 5.98. The molecule has 0 radical (unpaired) electrons. The number of carbonyl (C=O) groups is 1. The third-order valence-corrected chi connectivity index (χ3v) is 3.04. The molecule has 0 bridgehead atoms. The number of aryl methyl sites for hydroxylation is 2. The molecule has 1 heterocycles. The van der Waals surface area contributed by atoms with E-state index in [2.05, 4.69) is 5.10 Å². The van der Waals surface area contributed by atoms with E-state index in [9.17, 15) is 9.59 Å². The smallest absolute Gasteiger partial charge is 0.351 e. The Morgan fingerprint density at radius 1 is 1.45 bits per heavy atom. The molecule has 1 aromatic carbocycles. The van der Waals surface area contributed by atoms with Gasteiger partial charge < -0.3 is 4.74 Å². The van der Waals surface area contributed by atoms with Crippen LogP contribution in [-0.4, -0.2) is 20.3 Å². The number of benzene rings is 1. The van der Waals surface area contributed by atoms with E-state index in [1.807, 2.05) is 19.1 Å². The highest BCUT2D eigenvalue weighted by Gasteiger charge is 2.15. The first-order valence-corrected chi connectivity index (χ1v) is 6.32. The lowest BCUT2D eigenvalue weighted by Gasteiger charge is -2.11. The lowest BCUT2D eigenvalue weighted by molar-refractivity contribution is -0.142. The average Bonchev–Trinajstić information content (AvgIpc) is 2.62. The molecule has 106 valence electrons. The van der Waals surface area contributed by atoms with E-state index < -0.39 is 0 Å². The molecule has 0 N–H and O–H groups in total. The predicted octanol–water partition coefficient (Wildman–Crippen LogP) is 1.60. The van der Waals surface area contributed by atoms with Crippen LogP contribution < -0.4 is 5.69 Å². The Morgan fingerprint density at radius 2 is 2.15 bits per heavy atom. The standard InChI is InChI=1S/C13H14ClN3O3/c1-8-4-5-11(10(6-8)7-20-9(2)18)17-12(14)15-16(3)13(17)19/h4-6H,7H2,1-3H3. The Kier molecular flexibility index (Phi) is 3.94. The Labute approximate surface area is 120 Å². The highest BCUT2D eigenvalue weighted by Crippen LogP contribution is 2.19. The molecule has 0 spiro atoms. The van der Waals surface area contributed by atoms with E-state index in [0.717, 1.165) is 10.2 Å². The molecule has 0 fully saturated rings. The molecule has 7 heteroatoms. The Balaban J connectivity index is 2.55. The monoisotopic (exact) mass is 295 g/mol. The maximum Gasteiger partial charge on any atom is 0.351 e. The number of ether oxygens (including phenoxy) is 1. The predicted molar refractivity (Wildman–Crippen MR) is 74.0 cm³/mol. The van der Waals surface area contributed by atoms with Gasteiger partial charge in [-0.25, -0.2) is 14.0 Å². The van der Waals surface area contributed by atoms with Gasteiger partial charge in [0.05, 0.1) is 5.69 Å². The van der Waals surface area contributed by atoms with Gasteiger partial charge in [-0.15, -0.1) is 5.10 Å². The largest absolute Gasteiger partial charge is 0.461 e. The van der Waals surface area contributed by atoms with Crippen LogP contribution in [0.15, 0.2) is 23.0 Å². The van der Waals surface area contributed by atoms with Gasteiger partial charge in [-0.2, -0.15) is 0 Å². The first-order valence-electron chi connectivity index (χ1n) is 5.95. The summed E-state index contributed by atoms with van der Waals surface area (Å²) in [6, 6.07) is 5.44. The number of carbonyl (C=O) groups excluding carboxylic acids is 1. The SMILES string of the molecule is CC(=O)OCc1cc(C)ccc1-n1c(Cl)nn(C)c1=O. The highest BCUT2D eigenvalue weighted by molar-refractivity contribution is 6.28. The van der Waals surface area contributed by atoms with Crippen LogP contribution in [0.25, 0.3) is 5.69 Å². The molecule has 0 atom stereocenters. The van der Waals surface area contributed by atoms with Crippen LogP contribution in [0.5, 0.6) is 0 Å².